The van der Waals surface area contributed by atoms with Crippen LogP contribution in [0, 0.1) is 0 Å². The molecule has 1 fully saturated rings. The van der Waals surface area contributed by atoms with Crippen molar-refractivity contribution in [2.75, 3.05) is 12.4 Å². The third kappa shape index (κ3) is 1.82. The van der Waals surface area contributed by atoms with Crippen molar-refractivity contribution < 1.29 is 4.74 Å². The van der Waals surface area contributed by atoms with Crippen molar-refractivity contribution in [1.82, 2.24) is 5.32 Å². The lowest BCUT2D eigenvalue weighted by Crippen LogP contribution is -2.35. The van der Waals surface area contributed by atoms with Crippen molar-refractivity contribution in [2.24, 2.45) is 0 Å². The third-order valence-corrected chi connectivity index (χ3v) is 4.76. The van der Waals surface area contributed by atoms with Gasteiger partial charge >= 0.3 is 0 Å². The molecule has 0 saturated carbocycles. The van der Waals surface area contributed by atoms with Crippen molar-refractivity contribution >= 4 is 11.8 Å². The number of hydrogen-bond acceptors (Lipinski definition) is 3. The summed E-state index contributed by atoms with van der Waals surface area (Å²) in [6.45, 7) is 5.36. The van der Waals surface area contributed by atoms with Crippen LogP contribution in [0.2, 0.25) is 0 Å². The molecule has 1 unspecified atom stereocenters. The smallest absolute Gasteiger partial charge is 0.122 e. The first-order chi connectivity index (χ1) is 7.64. The van der Waals surface area contributed by atoms with Gasteiger partial charge in [-0.25, -0.2) is 0 Å². The van der Waals surface area contributed by atoms with E-state index in [0.29, 0.717) is 5.37 Å². The van der Waals surface area contributed by atoms with Crippen LogP contribution < -0.4 is 10.1 Å². The fraction of sp³-hybridized carbons (Fsp3) is 0.538. The molecular formula is C13H17NOS. The highest BCUT2D eigenvalue weighted by Gasteiger charge is 2.31. The second-order valence-electron chi connectivity index (χ2n) is 5.18. The zero-order valence-electron chi connectivity index (χ0n) is 9.75. The lowest BCUT2D eigenvalue weighted by atomic mass is 10.1. The van der Waals surface area contributed by atoms with Crippen LogP contribution in [0.15, 0.2) is 18.2 Å². The van der Waals surface area contributed by atoms with Gasteiger partial charge in [-0.05, 0) is 37.1 Å². The van der Waals surface area contributed by atoms with Crippen molar-refractivity contribution in [3.8, 4) is 5.75 Å². The summed E-state index contributed by atoms with van der Waals surface area (Å²) >= 11 is 2.00. The highest BCUT2D eigenvalue weighted by molar-refractivity contribution is 7.99. The van der Waals surface area contributed by atoms with E-state index in [1.54, 1.807) is 0 Å². The summed E-state index contributed by atoms with van der Waals surface area (Å²) < 4.78 is 5.53. The molecule has 2 aliphatic rings. The standard InChI is InChI=1S/C13H17NOS/c1-13(2)8-16-12(14-13)10-3-4-11-9(7-10)5-6-15-11/h3-4,7,12,14H,5-6,8H2,1-2H3. The molecule has 86 valence electrons. The Labute approximate surface area is 101 Å². The van der Waals surface area contributed by atoms with Gasteiger partial charge in [0.05, 0.1) is 12.0 Å². The van der Waals surface area contributed by atoms with Crippen LogP contribution in [0.1, 0.15) is 30.3 Å². The Balaban J connectivity index is 1.85. The topological polar surface area (TPSA) is 21.3 Å². The SMILES string of the molecule is CC1(C)CSC(c2ccc3c(c2)CCO3)N1. The largest absolute Gasteiger partial charge is 0.493 e. The highest BCUT2D eigenvalue weighted by atomic mass is 32.2. The quantitative estimate of drug-likeness (QED) is 0.808. The first-order valence-corrected chi connectivity index (χ1v) is 6.84. The second kappa shape index (κ2) is 3.67. The molecule has 0 radical (unpaired) electrons. The number of thioether (sulfide) groups is 1. The van der Waals surface area contributed by atoms with Crippen LogP contribution in [0.3, 0.4) is 0 Å². The summed E-state index contributed by atoms with van der Waals surface area (Å²) in [5.41, 5.74) is 3.01. The molecule has 1 aromatic rings. The van der Waals surface area contributed by atoms with Gasteiger partial charge < -0.3 is 4.74 Å². The number of benzene rings is 1. The second-order valence-corrected chi connectivity index (χ2v) is 6.28. The van der Waals surface area contributed by atoms with Crippen LogP contribution in [0.4, 0.5) is 0 Å². The molecule has 2 nitrogen and oxygen atoms in total. The van der Waals surface area contributed by atoms with Crippen LogP contribution >= 0.6 is 11.8 Å². The van der Waals surface area contributed by atoms with E-state index in [0.717, 1.165) is 18.8 Å². The van der Waals surface area contributed by atoms with Gasteiger partial charge in [0.2, 0.25) is 0 Å². The van der Waals surface area contributed by atoms with Gasteiger partial charge in [0.1, 0.15) is 5.75 Å². The first-order valence-electron chi connectivity index (χ1n) is 5.79. The van der Waals surface area contributed by atoms with Gasteiger partial charge in [-0.1, -0.05) is 6.07 Å². The monoisotopic (exact) mass is 235 g/mol. The number of fused-ring (bicyclic) bond motifs is 1. The fourth-order valence-corrected chi connectivity index (χ4v) is 3.69. The Hall–Kier alpha value is -0.670. The van der Waals surface area contributed by atoms with Crippen LogP contribution in [-0.4, -0.2) is 17.9 Å². The molecule has 0 aromatic heterocycles. The minimum absolute atomic E-state index is 0.255. The lowest BCUT2D eigenvalue weighted by Gasteiger charge is -2.19. The minimum Gasteiger partial charge on any atom is -0.493 e. The summed E-state index contributed by atoms with van der Waals surface area (Å²) in [6, 6.07) is 6.61. The zero-order valence-corrected chi connectivity index (χ0v) is 10.6. The highest BCUT2D eigenvalue weighted by Crippen LogP contribution is 2.39. The maximum absolute atomic E-state index is 5.53. The van der Waals surface area contributed by atoms with Crippen molar-refractivity contribution in [3.63, 3.8) is 0 Å². The normalized spacial score (nSPS) is 26.5. The predicted molar refractivity (Wildman–Crippen MR) is 68.1 cm³/mol. The van der Waals surface area contributed by atoms with E-state index in [4.69, 9.17) is 4.74 Å². The summed E-state index contributed by atoms with van der Waals surface area (Å²) in [5, 5.41) is 4.11. The summed E-state index contributed by atoms with van der Waals surface area (Å²) in [4.78, 5) is 0. The molecule has 0 amide bonds. The fourth-order valence-electron chi connectivity index (χ4n) is 2.28. The van der Waals surface area contributed by atoms with E-state index in [1.165, 1.54) is 16.9 Å². The van der Waals surface area contributed by atoms with E-state index in [-0.39, 0.29) is 5.54 Å². The van der Waals surface area contributed by atoms with Gasteiger partial charge in [0.25, 0.3) is 0 Å². The Bertz CT molecular complexity index is 416. The van der Waals surface area contributed by atoms with Crippen molar-refractivity contribution in [1.29, 1.82) is 0 Å². The van der Waals surface area contributed by atoms with E-state index < -0.39 is 0 Å². The van der Waals surface area contributed by atoms with Gasteiger partial charge in [-0.3, -0.25) is 5.32 Å². The summed E-state index contributed by atoms with van der Waals surface area (Å²) in [5.74, 6) is 2.25. The van der Waals surface area contributed by atoms with E-state index in [1.807, 2.05) is 11.8 Å². The van der Waals surface area contributed by atoms with Crippen LogP contribution in [-0.2, 0) is 6.42 Å². The number of rotatable bonds is 1. The Morgan fingerprint density at radius 3 is 3.06 bits per heavy atom. The molecule has 1 atom stereocenters. The minimum atomic E-state index is 0.255. The summed E-state index contributed by atoms with van der Waals surface area (Å²) in [6.07, 6.45) is 1.06. The van der Waals surface area contributed by atoms with Gasteiger partial charge in [-0.15, -0.1) is 11.8 Å². The van der Waals surface area contributed by atoms with Gasteiger partial charge in [-0.2, -0.15) is 0 Å². The van der Waals surface area contributed by atoms with Crippen molar-refractivity contribution in [3.05, 3.63) is 29.3 Å². The first kappa shape index (κ1) is 10.5. The maximum Gasteiger partial charge on any atom is 0.122 e. The van der Waals surface area contributed by atoms with Crippen LogP contribution in [0.25, 0.3) is 0 Å². The average molecular weight is 235 g/mol. The maximum atomic E-state index is 5.53. The molecule has 16 heavy (non-hydrogen) atoms. The molecule has 0 aliphatic carbocycles. The van der Waals surface area contributed by atoms with E-state index >= 15 is 0 Å². The number of ether oxygens (including phenoxy) is 1. The molecule has 1 aromatic carbocycles. The molecule has 1 N–H and O–H groups in total. The Morgan fingerprint density at radius 2 is 2.31 bits per heavy atom. The summed E-state index contributed by atoms with van der Waals surface area (Å²) in [7, 11) is 0. The van der Waals surface area contributed by atoms with Crippen molar-refractivity contribution in [2.45, 2.75) is 31.2 Å². The Morgan fingerprint density at radius 1 is 1.44 bits per heavy atom. The third-order valence-electron chi connectivity index (χ3n) is 3.15. The number of nitrogens with one attached hydrogen (secondary N) is 1. The molecule has 3 rings (SSSR count). The molecule has 0 spiro atoms. The predicted octanol–water partition coefficient (Wildman–Crippen LogP) is 2.74. The lowest BCUT2D eigenvalue weighted by molar-refractivity contribution is 0.357. The molecule has 2 heterocycles. The number of hydrogen-bond donors (Lipinski definition) is 1. The molecule has 2 aliphatic heterocycles. The Kier molecular flexibility index (Phi) is 2.41. The average Bonchev–Trinajstić information content (AvgIpc) is 2.82. The van der Waals surface area contributed by atoms with E-state index in [2.05, 4.69) is 37.4 Å². The van der Waals surface area contributed by atoms with Gasteiger partial charge in [0.15, 0.2) is 0 Å². The molecule has 3 heteroatoms. The zero-order chi connectivity index (χ0) is 11.2. The molecule has 0 bridgehead atoms. The molecular weight excluding hydrogens is 218 g/mol. The van der Waals surface area contributed by atoms with Crippen LogP contribution in [0.5, 0.6) is 5.75 Å². The van der Waals surface area contributed by atoms with Gasteiger partial charge in [0, 0.05) is 17.7 Å². The van der Waals surface area contributed by atoms with E-state index in [9.17, 15) is 0 Å². The molecule has 1 saturated heterocycles.